The van der Waals surface area contributed by atoms with E-state index in [2.05, 4.69) is 5.10 Å². The Morgan fingerprint density at radius 1 is 1.33 bits per heavy atom. The summed E-state index contributed by atoms with van der Waals surface area (Å²) in [6, 6.07) is 3.26. The van der Waals surface area contributed by atoms with E-state index in [4.69, 9.17) is 16.7 Å². The van der Waals surface area contributed by atoms with Crippen molar-refractivity contribution in [2.24, 2.45) is 7.05 Å². The number of hydrogen-bond donors (Lipinski definition) is 2. The fourth-order valence-electron chi connectivity index (χ4n) is 2.77. The van der Waals surface area contributed by atoms with Gasteiger partial charge >= 0.3 is 11.9 Å². The molecule has 0 fully saturated rings. The zero-order valence-electron chi connectivity index (χ0n) is 14.2. The van der Waals surface area contributed by atoms with Crippen molar-refractivity contribution in [1.82, 2.24) is 9.78 Å². The van der Waals surface area contributed by atoms with E-state index in [-0.39, 0.29) is 33.2 Å². The number of hydrogen-bond acceptors (Lipinski definition) is 6. The molecule has 2 aromatic rings. The van der Waals surface area contributed by atoms with Gasteiger partial charge in [0.2, 0.25) is 0 Å². The lowest BCUT2D eigenvalue weighted by atomic mass is 9.92. The summed E-state index contributed by atoms with van der Waals surface area (Å²) in [5, 5.41) is 33.1. The zero-order valence-corrected chi connectivity index (χ0v) is 14.9. The molecule has 1 aromatic carbocycles. The predicted octanol–water partition coefficient (Wildman–Crippen LogP) is 2.16. The summed E-state index contributed by atoms with van der Waals surface area (Å²) in [4.78, 5) is 45.7. The molecule has 2 rings (SSSR count). The maximum Gasteiger partial charge on any atom is 0.313 e. The maximum absolute atomic E-state index is 13.0. The summed E-state index contributed by atoms with van der Waals surface area (Å²) >= 11 is 5.99. The summed E-state index contributed by atoms with van der Waals surface area (Å²) in [5.41, 5.74) is -0.389. The smallest absolute Gasteiger partial charge is 0.313 e. The van der Waals surface area contributed by atoms with Gasteiger partial charge in [0.05, 0.1) is 33.3 Å². The molecule has 1 heterocycles. The Balaban J connectivity index is 2.62. The average molecular weight is 396 g/mol. The highest BCUT2D eigenvalue weighted by Gasteiger charge is 2.33. The van der Waals surface area contributed by atoms with Crippen LogP contribution < -0.4 is 0 Å². The number of carbonyl (C=O) groups excluding carboxylic acids is 1. The molecule has 0 saturated heterocycles. The Labute approximate surface area is 157 Å². The van der Waals surface area contributed by atoms with E-state index in [1.54, 1.807) is 0 Å². The number of nitro benzene ring substituents is 1. The predicted molar refractivity (Wildman–Crippen MR) is 92.1 cm³/mol. The largest absolute Gasteiger partial charge is 0.481 e. The minimum atomic E-state index is -1.51. The first kappa shape index (κ1) is 20.0. The number of carbonyl (C=O) groups is 3. The first-order chi connectivity index (χ1) is 12.5. The standard InChI is InChI=1S/C16H14ClN3O7/c1-7-13(14(19(2)18-7)10(16(24)25)6-12(21)22)15(23)9-4-3-8(20(26)27)5-11(9)17/h3-5,10H,6H2,1-2H3,(H,21,22)(H,24,25). The number of aromatic nitrogens is 2. The third-order valence-corrected chi connectivity index (χ3v) is 4.22. The number of aryl methyl sites for hydroxylation is 2. The number of nitro groups is 1. The Morgan fingerprint density at radius 2 is 1.96 bits per heavy atom. The molecular formula is C16H14ClN3O7. The van der Waals surface area contributed by atoms with Crippen molar-refractivity contribution in [2.45, 2.75) is 19.3 Å². The quantitative estimate of drug-likeness (QED) is 0.410. The molecule has 0 bridgehead atoms. The van der Waals surface area contributed by atoms with Crippen molar-refractivity contribution in [3.05, 3.63) is 55.9 Å². The number of non-ortho nitro benzene ring substituents is 1. The van der Waals surface area contributed by atoms with Crippen molar-refractivity contribution in [2.75, 3.05) is 0 Å². The SMILES string of the molecule is Cc1nn(C)c(C(CC(=O)O)C(=O)O)c1C(=O)c1ccc([N+](=O)[O-])cc1Cl. The third kappa shape index (κ3) is 3.95. The molecule has 27 heavy (non-hydrogen) atoms. The molecule has 2 N–H and O–H groups in total. The first-order valence-electron chi connectivity index (χ1n) is 7.51. The number of nitrogens with zero attached hydrogens (tertiary/aromatic N) is 3. The lowest BCUT2D eigenvalue weighted by Gasteiger charge is -2.13. The second-order valence-electron chi connectivity index (χ2n) is 5.71. The minimum Gasteiger partial charge on any atom is -0.481 e. The number of carboxylic acids is 2. The van der Waals surface area contributed by atoms with Gasteiger partial charge in [0.1, 0.15) is 5.92 Å². The highest BCUT2D eigenvalue weighted by Crippen LogP contribution is 2.31. The second kappa shape index (κ2) is 7.54. The average Bonchev–Trinajstić information content (AvgIpc) is 2.85. The van der Waals surface area contributed by atoms with Gasteiger partial charge in [0, 0.05) is 24.7 Å². The fourth-order valence-corrected chi connectivity index (χ4v) is 3.03. The van der Waals surface area contributed by atoms with Crippen LogP contribution in [0.2, 0.25) is 5.02 Å². The molecule has 0 saturated carbocycles. The van der Waals surface area contributed by atoms with E-state index in [9.17, 15) is 29.6 Å². The van der Waals surface area contributed by atoms with E-state index >= 15 is 0 Å². The van der Waals surface area contributed by atoms with Crippen LogP contribution in [-0.4, -0.2) is 42.6 Å². The Morgan fingerprint density at radius 3 is 2.44 bits per heavy atom. The van der Waals surface area contributed by atoms with Crippen LogP contribution in [-0.2, 0) is 16.6 Å². The highest BCUT2D eigenvalue weighted by molar-refractivity contribution is 6.35. The lowest BCUT2D eigenvalue weighted by Crippen LogP contribution is -2.21. The first-order valence-corrected chi connectivity index (χ1v) is 7.89. The molecule has 11 heteroatoms. The fraction of sp³-hybridized carbons (Fsp3) is 0.250. The molecule has 0 aliphatic carbocycles. The Bertz CT molecular complexity index is 967. The maximum atomic E-state index is 13.0. The minimum absolute atomic E-state index is 0.0816. The van der Waals surface area contributed by atoms with Gasteiger partial charge in [-0.1, -0.05) is 11.6 Å². The van der Waals surface area contributed by atoms with Crippen LogP contribution >= 0.6 is 11.6 Å². The van der Waals surface area contributed by atoms with Crippen molar-refractivity contribution in [3.63, 3.8) is 0 Å². The van der Waals surface area contributed by atoms with Crippen molar-refractivity contribution in [3.8, 4) is 0 Å². The van der Waals surface area contributed by atoms with Crippen LogP contribution in [0, 0.1) is 17.0 Å². The summed E-state index contributed by atoms with van der Waals surface area (Å²) < 4.78 is 1.14. The number of rotatable bonds is 7. The van der Waals surface area contributed by atoms with Gasteiger partial charge in [-0.3, -0.25) is 29.2 Å². The third-order valence-electron chi connectivity index (χ3n) is 3.91. The Hall–Kier alpha value is -3.27. The zero-order chi connectivity index (χ0) is 20.5. The van der Waals surface area contributed by atoms with E-state index in [0.29, 0.717) is 0 Å². The van der Waals surface area contributed by atoms with Crippen molar-refractivity contribution >= 4 is 35.0 Å². The second-order valence-corrected chi connectivity index (χ2v) is 6.12. The number of halogens is 1. The van der Waals surface area contributed by atoms with Crippen LogP contribution in [0.1, 0.15) is 39.6 Å². The number of benzene rings is 1. The van der Waals surface area contributed by atoms with E-state index in [1.165, 1.54) is 14.0 Å². The number of aliphatic carboxylic acids is 2. The molecule has 1 aromatic heterocycles. The molecule has 10 nitrogen and oxygen atoms in total. The van der Waals surface area contributed by atoms with Crippen molar-refractivity contribution in [1.29, 1.82) is 0 Å². The highest BCUT2D eigenvalue weighted by atomic mass is 35.5. The molecule has 142 valence electrons. The van der Waals surface area contributed by atoms with E-state index in [0.717, 1.165) is 22.9 Å². The van der Waals surface area contributed by atoms with Crippen LogP contribution in [0.3, 0.4) is 0 Å². The van der Waals surface area contributed by atoms with Gasteiger partial charge in [-0.05, 0) is 13.0 Å². The van der Waals surface area contributed by atoms with Gasteiger partial charge in [-0.2, -0.15) is 5.10 Å². The summed E-state index contributed by atoms with van der Waals surface area (Å²) in [7, 11) is 1.40. The van der Waals surface area contributed by atoms with Gasteiger partial charge in [0.25, 0.3) is 5.69 Å². The topological polar surface area (TPSA) is 153 Å². The monoisotopic (exact) mass is 395 g/mol. The van der Waals surface area contributed by atoms with E-state index in [1.807, 2.05) is 0 Å². The van der Waals surface area contributed by atoms with Gasteiger partial charge in [-0.25, -0.2) is 0 Å². The molecule has 1 unspecified atom stereocenters. The van der Waals surface area contributed by atoms with Crippen molar-refractivity contribution < 1.29 is 29.5 Å². The van der Waals surface area contributed by atoms with Crippen LogP contribution in [0.25, 0.3) is 0 Å². The molecular weight excluding hydrogens is 382 g/mol. The molecule has 1 atom stereocenters. The van der Waals surface area contributed by atoms with Gasteiger partial charge in [-0.15, -0.1) is 0 Å². The van der Waals surface area contributed by atoms with E-state index < -0.39 is 35.0 Å². The summed E-state index contributed by atoms with van der Waals surface area (Å²) in [6.45, 7) is 1.47. The molecule has 0 amide bonds. The molecule has 0 aliphatic rings. The summed E-state index contributed by atoms with van der Waals surface area (Å²) in [5.74, 6) is -4.99. The molecule has 0 spiro atoms. The number of ketones is 1. The van der Waals surface area contributed by atoms with Gasteiger partial charge < -0.3 is 10.2 Å². The number of carboxylic acid groups (broad SMARTS) is 2. The molecule has 0 radical (unpaired) electrons. The summed E-state index contributed by atoms with van der Waals surface area (Å²) in [6.07, 6.45) is -0.747. The van der Waals surface area contributed by atoms with Crippen LogP contribution in [0.5, 0.6) is 0 Å². The normalized spacial score (nSPS) is 11.8. The Kier molecular flexibility index (Phi) is 5.60. The van der Waals surface area contributed by atoms with Gasteiger partial charge in [0.15, 0.2) is 5.78 Å². The van der Waals surface area contributed by atoms with Crippen LogP contribution in [0.4, 0.5) is 5.69 Å². The molecule has 0 aliphatic heterocycles. The lowest BCUT2D eigenvalue weighted by molar-refractivity contribution is -0.384. The van der Waals surface area contributed by atoms with Crippen LogP contribution in [0.15, 0.2) is 18.2 Å².